The number of amides is 2. The lowest BCUT2D eigenvalue weighted by Gasteiger charge is -2.32. The zero-order valence-electron chi connectivity index (χ0n) is 17.6. The van der Waals surface area contributed by atoms with Gasteiger partial charge < -0.3 is 15.5 Å². The van der Waals surface area contributed by atoms with E-state index in [0.717, 1.165) is 38.4 Å². The van der Waals surface area contributed by atoms with Gasteiger partial charge in [0.25, 0.3) is 5.91 Å². The molecule has 0 bridgehead atoms. The minimum Gasteiger partial charge on any atom is -0.352 e. The Morgan fingerprint density at radius 3 is 2.25 bits per heavy atom. The quantitative estimate of drug-likeness (QED) is 0.758. The first-order valence-electron chi connectivity index (χ1n) is 10.7. The van der Waals surface area contributed by atoms with Crippen LogP contribution in [0.4, 0.5) is 0 Å². The van der Waals surface area contributed by atoms with Gasteiger partial charge in [0.15, 0.2) is 0 Å². The molecule has 0 aromatic heterocycles. The van der Waals surface area contributed by atoms with Gasteiger partial charge in [-0.1, -0.05) is 32.9 Å². The van der Waals surface area contributed by atoms with Crippen molar-refractivity contribution in [1.82, 2.24) is 15.5 Å². The van der Waals surface area contributed by atoms with Crippen molar-refractivity contribution in [2.75, 3.05) is 26.2 Å². The minimum absolute atomic E-state index is 0.0717. The van der Waals surface area contributed by atoms with Gasteiger partial charge in [0.05, 0.1) is 0 Å². The van der Waals surface area contributed by atoms with Crippen LogP contribution in [0.3, 0.4) is 0 Å². The third-order valence-electron chi connectivity index (χ3n) is 5.88. The molecule has 2 N–H and O–H groups in total. The molecule has 28 heavy (non-hydrogen) atoms. The van der Waals surface area contributed by atoms with Crippen LogP contribution < -0.4 is 10.6 Å². The van der Waals surface area contributed by atoms with Crippen molar-refractivity contribution in [1.29, 1.82) is 0 Å². The summed E-state index contributed by atoms with van der Waals surface area (Å²) in [5, 5.41) is 6.51. The number of benzene rings is 1. The van der Waals surface area contributed by atoms with Crippen molar-refractivity contribution in [3.8, 4) is 0 Å². The summed E-state index contributed by atoms with van der Waals surface area (Å²) in [4.78, 5) is 26.6. The standard InChI is InChI=1S/C23H35N3O2/c1-23(2,3)19-8-6-18(7-9-19)22(28)24-13-10-21(27)26-14-11-20(12-15-26)25-16-17-4-5-17/h6-9,17,20,25H,4-5,10-16H2,1-3H3,(H,24,28). The van der Waals surface area contributed by atoms with E-state index in [9.17, 15) is 9.59 Å². The van der Waals surface area contributed by atoms with Gasteiger partial charge in [-0.05, 0) is 61.3 Å². The molecule has 0 unspecified atom stereocenters. The molecule has 1 aliphatic heterocycles. The van der Waals surface area contributed by atoms with Crippen LogP contribution in [0.5, 0.6) is 0 Å². The monoisotopic (exact) mass is 385 g/mol. The van der Waals surface area contributed by atoms with E-state index in [1.54, 1.807) is 0 Å². The Labute approximate surface area is 169 Å². The summed E-state index contributed by atoms with van der Waals surface area (Å²) in [5.41, 5.74) is 1.92. The Balaban J connectivity index is 1.35. The number of hydrogen-bond acceptors (Lipinski definition) is 3. The highest BCUT2D eigenvalue weighted by atomic mass is 16.2. The van der Waals surface area contributed by atoms with Gasteiger partial charge in [-0.15, -0.1) is 0 Å². The highest BCUT2D eigenvalue weighted by molar-refractivity contribution is 5.94. The van der Waals surface area contributed by atoms with Crippen molar-refractivity contribution in [3.05, 3.63) is 35.4 Å². The lowest BCUT2D eigenvalue weighted by molar-refractivity contribution is -0.132. The molecule has 2 fully saturated rings. The van der Waals surface area contributed by atoms with E-state index >= 15 is 0 Å². The third-order valence-corrected chi connectivity index (χ3v) is 5.88. The summed E-state index contributed by atoms with van der Waals surface area (Å²) in [6, 6.07) is 8.28. The van der Waals surface area contributed by atoms with Crippen molar-refractivity contribution in [2.45, 2.75) is 64.3 Å². The van der Waals surface area contributed by atoms with Gasteiger partial charge in [0, 0.05) is 37.7 Å². The summed E-state index contributed by atoms with van der Waals surface area (Å²) < 4.78 is 0. The fourth-order valence-electron chi connectivity index (χ4n) is 3.65. The smallest absolute Gasteiger partial charge is 0.251 e. The molecule has 0 radical (unpaired) electrons. The number of rotatable bonds is 7. The highest BCUT2D eigenvalue weighted by Crippen LogP contribution is 2.28. The summed E-state index contributed by atoms with van der Waals surface area (Å²) in [7, 11) is 0. The van der Waals surface area contributed by atoms with Crippen LogP contribution in [0.25, 0.3) is 0 Å². The molecular formula is C23H35N3O2. The summed E-state index contributed by atoms with van der Waals surface area (Å²) in [5.74, 6) is 0.924. The van der Waals surface area contributed by atoms with E-state index in [4.69, 9.17) is 0 Å². The SMILES string of the molecule is CC(C)(C)c1ccc(C(=O)NCCC(=O)N2CCC(NCC3CC3)CC2)cc1. The number of hydrogen-bond donors (Lipinski definition) is 2. The van der Waals surface area contributed by atoms with Gasteiger partial charge >= 0.3 is 0 Å². The number of piperidine rings is 1. The maximum absolute atomic E-state index is 12.4. The summed E-state index contributed by atoms with van der Waals surface area (Å²) in [6.45, 7) is 9.63. The van der Waals surface area contributed by atoms with Gasteiger partial charge in [-0.3, -0.25) is 9.59 Å². The van der Waals surface area contributed by atoms with Gasteiger partial charge in [0.1, 0.15) is 0 Å². The van der Waals surface area contributed by atoms with Crippen LogP contribution >= 0.6 is 0 Å². The van der Waals surface area contributed by atoms with Crippen molar-refractivity contribution >= 4 is 11.8 Å². The zero-order valence-corrected chi connectivity index (χ0v) is 17.6. The molecule has 1 aromatic rings. The van der Waals surface area contributed by atoms with Crippen molar-refractivity contribution < 1.29 is 9.59 Å². The Bertz CT molecular complexity index is 666. The Morgan fingerprint density at radius 1 is 1.04 bits per heavy atom. The van der Waals surface area contributed by atoms with E-state index in [1.165, 1.54) is 18.4 Å². The second kappa shape index (κ2) is 9.08. The van der Waals surface area contributed by atoms with Crippen LogP contribution in [-0.2, 0) is 10.2 Å². The Morgan fingerprint density at radius 2 is 1.68 bits per heavy atom. The highest BCUT2D eigenvalue weighted by Gasteiger charge is 2.25. The average Bonchev–Trinajstić information content (AvgIpc) is 3.50. The molecular weight excluding hydrogens is 350 g/mol. The Kier molecular flexibility index (Phi) is 6.76. The molecule has 2 amide bonds. The number of carbonyl (C=O) groups excluding carboxylic acids is 2. The minimum atomic E-state index is -0.115. The number of likely N-dealkylation sites (tertiary alicyclic amines) is 1. The molecule has 154 valence electrons. The largest absolute Gasteiger partial charge is 0.352 e. The Hall–Kier alpha value is -1.88. The number of carbonyl (C=O) groups is 2. The van der Waals surface area contributed by atoms with Crippen LogP contribution in [0.1, 0.15) is 68.8 Å². The fraction of sp³-hybridized carbons (Fsp3) is 0.652. The van der Waals surface area contributed by atoms with Gasteiger partial charge in [-0.25, -0.2) is 0 Å². The first kappa shape index (κ1) is 20.8. The molecule has 5 nitrogen and oxygen atoms in total. The van der Waals surface area contributed by atoms with Crippen LogP contribution in [0.2, 0.25) is 0 Å². The fourth-order valence-corrected chi connectivity index (χ4v) is 3.65. The predicted octanol–water partition coefficient (Wildman–Crippen LogP) is 3.09. The molecule has 5 heteroatoms. The van der Waals surface area contributed by atoms with E-state index in [1.807, 2.05) is 29.2 Å². The molecule has 1 aliphatic carbocycles. The van der Waals surface area contributed by atoms with Gasteiger partial charge in [-0.2, -0.15) is 0 Å². The maximum Gasteiger partial charge on any atom is 0.251 e. The summed E-state index contributed by atoms with van der Waals surface area (Å²) >= 11 is 0. The lowest BCUT2D eigenvalue weighted by atomic mass is 9.87. The van der Waals surface area contributed by atoms with E-state index in [0.29, 0.717) is 24.6 Å². The number of nitrogens with one attached hydrogen (secondary N) is 2. The van der Waals surface area contributed by atoms with Gasteiger partial charge in [0.2, 0.25) is 5.91 Å². The van der Waals surface area contributed by atoms with E-state index in [-0.39, 0.29) is 17.2 Å². The maximum atomic E-state index is 12.4. The average molecular weight is 386 g/mol. The number of nitrogens with zero attached hydrogens (tertiary/aromatic N) is 1. The van der Waals surface area contributed by atoms with Crippen molar-refractivity contribution in [2.24, 2.45) is 5.92 Å². The first-order chi connectivity index (χ1) is 13.3. The third kappa shape index (κ3) is 6.06. The molecule has 1 aromatic carbocycles. The van der Waals surface area contributed by atoms with Crippen LogP contribution in [0.15, 0.2) is 24.3 Å². The molecule has 2 aliphatic rings. The predicted molar refractivity (Wildman–Crippen MR) is 112 cm³/mol. The zero-order chi connectivity index (χ0) is 20.1. The molecule has 1 saturated carbocycles. The summed E-state index contributed by atoms with van der Waals surface area (Å²) in [6.07, 6.45) is 5.18. The molecule has 1 heterocycles. The molecule has 0 spiro atoms. The van der Waals surface area contributed by atoms with Crippen LogP contribution in [0, 0.1) is 5.92 Å². The second-order valence-corrected chi connectivity index (χ2v) is 9.34. The topological polar surface area (TPSA) is 61.4 Å². The molecule has 0 atom stereocenters. The molecule has 3 rings (SSSR count). The second-order valence-electron chi connectivity index (χ2n) is 9.34. The first-order valence-corrected chi connectivity index (χ1v) is 10.7. The normalized spacial score (nSPS) is 18.2. The van der Waals surface area contributed by atoms with Crippen molar-refractivity contribution in [3.63, 3.8) is 0 Å². The lowest BCUT2D eigenvalue weighted by Crippen LogP contribution is -2.46. The van der Waals surface area contributed by atoms with Crippen LogP contribution in [-0.4, -0.2) is 48.9 Å². The van der Waals surface area contributed by atoms with E-state index < -0.39 is 0 Å². The van der Waals surface area contributed by atoms with E-state index in [2.05, 4.69) is 31.4 Å². The molecule has 1 saturated heterocycles.